The van der Waals surface area contributed by atoms with Crippen LogP contribution in [0.4, 0.5) is 0 Å². The molecule has 0 aliphatic carbocycles. The number of fused-ring (bicyclic) bond motifs is 1. The second-order valence-electron chi connectivity index (χ2n) is 6.86. The molecule has 1 aromatic heterocycles. The van der Waals surface area contributed by atoms with Gasteiger partial charge in [-0.25, -0.2) is 4.98 Å². The lowest BCUT2D eigenvalue weighted by molar-refractivity contribution is 0.346. The Labute approximate surface area is 157 Å². The summed E-state index contributed by atoms with van der Waals surface area (Å²) >= 11 is 0. The zero-order valence-corrected chi connectivity index (χ0v) is 15.7. The smallest absolute Gasteiger partial charge is 0.148 e. The lowest BCUT2D eigenvalue weighted by Crippen LogP contribution is -2.26. The summed E-state index contributed by atoms with van der Waals surface area (Å²) in [7, 11) is 3.55. The molecule has 0 fully saturated rings. The van der Waals surface area contributed by atoms with Crippen molar-refractivity contribution in [2.24, 2.45) is 7.05 Å². The molecule has 0 saturated carbocycles. The van der Waals surface area contributed by atoms with Crippen LogP contribution in [-0.4, -0.2) is 39.0 Å². The van der Waals surface area contributed by atoms with Crippen LogP contribution in [0.3, 0.4) is 0 Å². The van der Waals surface area contributed by atoms with Gasteiger partial charge in [0.25, 0.3) is 0 Å². The first-order chi connectivity index (χ1) is 13.0. The Morgan fingerprint density at radius 1 is 1.19 bits per heavy atom. The summed E-state index contributed by atoms with van der Waals surface area (Å²) in [4.78, 5) is 6.53. The van der Waals surface area contributed by atoms with Crippen LogP contribution in [0.1, 0.15) is 17.0 Å². The zero-order chi connectivity index (χ0) is 19.1. The fourth-order valence-corrected chi connectivity index (χ4v) is 3.49. The molecule has 6 nitrogen and oxygen atoms in total. The number of aliphatic hydroxyl groups is 1. The second-order valence-corrected chi connectivity index (χ2v) is 6.86. The lowest BCUT2D eigenvalue weighted by atomic mass is 10.2. The summed E-state index contributed by atoms with van der Waals surface area (Å²) in [6, 6.07) is 13.8. The van der Waals surface area contributed by atoms with Gasteiger partial charge in [-0.3, -0.25) is 5.41 Å². The third-order valence-corrected chi connectivity index (χ3v) is 4.97. The molecule has 0 unspecified atom stereocenters. The largest absolute Gasteiger partial charge is 0.510 e. The average molecular weight is 362 g/mol. The van der Waals surface area contributed by atoms with Crippen LogP contribution in [0, 0.1) is 12.3 Å². The number of amidine groups is 1. The van der Waals surface area contributed by atoms with E-state index in [0.717, 1.165) is 27.9 Å². The summed E-state index contributed by atoms with van der Waals surface area (Å²) in [5.74, 6) is 1.89. The van der Waals surface area contributed by atoms with Gasteiger partial charge in [0, 0.05) is 13.6 Å². The van der Waals surface area contributed by atoms with Crippen LogP contribution in [0.15, 0.2) is 48.2 Å². The van der Waals surface area contributed by atoms with Crippen LogP contribution in [0.5, 0.6) is 5.75 Å². The van der Waals surface area contributed by atoms with Gasteiger partial charge in [0.2, 0.25) is 0 Å². The van der Waals surface area contributed by atoms with E-state index in [2.05, 4.69) is 4.98 Å². The molecule has 0 atom stereocenters. The van der Waals surface area contributed by atoms with Crippen molar-refractivity contribution in [3.05, 3.63) is 65.2 Å². The monoisotopic (exact) mass is 362 g/mol. The molecular formula is C21H22N4O2. The minimum absolute atomic E-state index is 0.184. The predicted molar refractivity (Wildman–Crippen MR) is 106 cm³/mol. The summed E-state index contributed by atoms with van der Waals surface area (Å²) in [6.45, 7) is 2.88. The van der Waals surface area contributed by atoms with Gasteiger partial charge in [-0.15, -0.1) is 0 Å². The molecule has 0 amide bonds. The highest BCUT2D eigenvalue weighted by Gasteiger charge is 2.31. The maximum absolute atomic E-state index is 10.6. The van der Waals surface area contributed by atoms with E-state index >= 15 is 0 Å². The van der Waals surface area contributed by atoms with Gasteiger partial charge >= 0.3 is 0 Å². The lowest BCUT2D eigenvalue weighted by Gasteiger charge is -2.19. The Morgan fingerprint density at radius 2 is 1.93 bits per heavy atom. The van der Waals surface area contributed by atoms with E-state index in [4.69, 9.17) is 10.1 Å². The summed E-state index contributed by atoms with van der Waals surface area (Å²) in [5, 5.41) is 19.2. The molecule has 1 aliphatic heterocycles. The molecule has 4 rings (SSSR count). The molecule has 3 aromatic rings. The number of aliphatic hydroxyl groups excluding tert-OH is 1. The second kappa shape index (κ2) is 6.46. The molecule has 138 valence electrons. The Kier molecular flexibility index (Phi) is 4.11. The molecular weight excluding hydrogens is 340 g/mol. The van der Waals surface area contributed by atoms with E-state index < -0.39 is 0 Å². The summed E-state index contributed by atoms with van der Waals surface area (Å²) in [5.41, 5.74) is 4.54. The van der Waals surface area contributed by atoms with Gasteiger partial charge in [0.15, 0.2) is 0 Å². The number of hydrogen-bond donors (Lipinski definition) is 2. The average Bonchev–Trinajstić information content (AvgIpc) is 3.11. The molecule has 2 aromatic carbocycles. The Hall–Kier alpha value is -3.28. The highest BCUT2D eigenvalue weighted by molar-refractivity contribution is 6.23. The van der Waals surface area contributed by atoms with Crippen molar-refractivity contribution in [1.29, 1.82) is 5.41 Å². The first-order valence-corrected chi connectivity index (χ1v) is 8.80. The first-order valence-electron chi connectivity index (χ1n) is 8.80. The van der Waals surface area contributed by atoms with Crippen molar-refractivity contribution in [1.82, 2.24) is 14.5 Å². The SMILES string of the molecule is COc1ccc(CN2CC(O)=C(c3nc4cc(C)ccc4n3C)C2=N)cc1. The third kappa shape index (κ3) is 2.93. The van der Waals surface area contributed by atoms with E-state index in [1.54, 1.807) is 7.11 Å². The van der Waals surface area contributed by atoms with Crippen molar-refractivity contribution in [3.63, 3.8) is 0 Å². The molecule has 1 aliphatic rings. The number of hydrogen-bond acceptors (Lipinski definition) is 4. The molecule has 6 heteroatoms. The number of aryl methyl sites for hydroxylation is 2. The van der Waals surface area contributed by atoms with Crippen molar-refractivity contribution in [2.45, 2.75) is 13.5 Å². The Morgan fingerprint density at radius 3 is 2.63 bits per heavy atom. The molecule has 27 heavy (non-hydrogen) atoms. The van der Waals surface area contributed by atoms with Gasteiger partial charge in [-0.2, -0.15) is 0 Å². The fourth-order valence-electron chi connectivity index (χ4n) is 3.49. The van der Waals surface area contributed by atoms with E-state index in [1.807, 2.05) is 65.9 Å². The highest BCUT2D eigenvalue weighted by Crippen LogP contribution is 2.30. The van der Waals surface area contributed by atoms with E-state index in [1.165, 1.54) is 0 Å². The van der Waals surface area contributed by atoms with Gasteiger partial charge in [0.1, 0.15) is 23.2 Å². The summed E-state index contributed by atoms with van der Waals surface area (Å²) < 4.78 is 7.12. The molecule has 0 radical (unpaired) electrons. The molecule has 0 spiro atoms. The number of aromatic nitrogens is 2. The molecule has 2 N–H and O–H groups in total. The van der Waals surface area contributed by atoms with Crippen LogP contribution in [-0.2, 0) is 13.6 Å². The number of ether oxygens (including phenoxy) is 1. The Bertz CT molecular complexity index is 1060. The number of nitrogens with one attached hydrogen (secondary N) is 1. The number of imidazole rings is 1. The number of benzene rings is 2. The van der Waals surface area contributed by atoms with Crippen molar-refractivity contribution >= 4 is 22.4 Å². The molecule has 0 saturated heterocycles. The number of nitrogens with zero attached hydrogens (tertiary/aromatic N) is 3. The minimum atomic E-state index is 0.184. The maximum Gasteiger partial charge on any atom is 0.148 e. The quantitative estimate of drug-likeness (QED) is 0.743. The van der Waals surface area contributed by atoms with E-state index in [9.17, 15) is 5.11 Å². The zero-order valence-electron chi connectivity index (χ0n) is 15.7. The highest BCUT2D eigenvalue weighted by atomic mass is 16.5. The Balaban J connectivity index is 1.63. The van der Waals surface area contributed by atoms with E-state index in [-0.39, 0.29) is 5.76 Å². The minimum Gasteiger partial charge on any atom is -0.510 e. The molecule has 2 heterocycles. The van der Waals surface area contributed by atoms with Crippen molar-refractivity contribution < 1.29 is 9.84 Å². The maximum atomic E-state index is 10.6. The van der Waals surface area contributed by atoms with Gasteiger partial charge < -0.3 is 19.3 Å². The van der Waals surface area contributed by atoms with Gasteiger partial charge in [0.05, 0.1) is 30.3 Å². The van der Waals surface area contributed by atoms with E-state index in [0.29, 0.717) is 30.3 Å². The fraction of sp³-hybridized carbons (Fsp3) is 0.238. The molecule has 0 bridgehead atoms. The van der Waals surface area contributed by atoms with Crippen LogP contribution >= 0.6 is 0 Å². The first kappa shape index (κ1) is 17.1. The number of methoxy groups -OCH3 is 1. The van der Waals surface area contributed by atoms with Crippen molar-refractivity contribution in [3.8, 4) is 5.75 Å². The third-order valence-electron chi connectivity index (χ3n) is 4.97. The number of rotatable bonds is 4. The summed E-state index contributed by atoms with van der Waals surface area (Å²) in [6.07, 6.45) is 0. The van der Waals surface area contributed by atoms with Crippen LogP contribution in [0.25, 0.3) is 16.6 Å². The van der Waals surface area contributed by atoms with Crippen LogP contribution < -0.4 is 4.74 Å². The normalized spacial score (nSPS) is 14.5. The van der Waals surface area contributed by atoms with Crippen LogP contribution in [0.2, 0.25) is 0 Å². The topological polar surface area (TPSA) is 74.4 Å². The van der Waals surface area contributed by atoms with Gasteiger partial charge in [-0.1, -0.05) is 18.2 Å². The predicted octanol–water partition coefficient (Wildman–Crippen LogP) is 3.65. The standard InChI is InChI=1S/C21H22N4O2/c1-13-4-9-17-16(10-13)23-21(24(17)2)19-18(26)12-25(20(19)22)11-14-5-7-15(27-3)8-6-14/h4-10,22,26H,11-12H2,1-3H3. The van der Waals surface area contributed by atoms with Gasteiger partial charge in [-0.05, 0) is 42.3 Å². The van der Waals surface area contributed by atoms with Crippen molar-refractivity contribution in [2.75, 3.05) is 13.7 Å².